The zero-order valence-corrected chi connectivity index (χ0v) is 13.5. The molecule has 8 heteroatoms. The molecule has 2 aromatic carbocycles. The Kier molecular flexibility index (Phi) is 5.31. The molecule has 0 radical (unpaired) electrons. The van der Waals surface area contributed by atoms with Crippen LogP contribution >= 0.6 is 0 Å². The Balaban J connectivity index is 2.24. The second-order valence-electron chi connectivity index (χ2n) is 5.01. The van der Waals surface area contributed by atoms with E-state index >= 15 is 0 Å². The van der Waals surface area contributed by atoms with Crippen LogP contribution < -0.4 is 10.2 Å². The zero-order valence-electron chi connectivity index (χ0n) is 12.7. The molecule has 2 aromatic rings. The minimum atomic E-state index is -3.87. The highest BCUT2D eigenvalue weighted by Gasteiger charge is 2.21. The van der Waals surface area contributed by atoms with E-state index < -0.39 is 22.0 Å². The van der Waals surface area contributed by atoms with Crippen LogP contribution in [-0.2, 0) is 10.0 Å². The van der Waals surface area contributed by atoms with Crippen molar-refractivity contribution in [1.29, 1.82) is 5.26 Å². The summed E-state index contributed by atoms with van der Waals surface area (Å²) in [6.07, 6.45) is 0. The van der Waals surface area contributed by atoms with Gasteiger partial charge in [0.2, 0.25) is 10.0 Å². The normalized spacial score (nSPS) is 12.2. The lowest BCUT2D eigenvalue weighted by Crippen LogP contribution is -2.27. The molecular weight excluding hydrogens is 330 g/mol. The van der Waals surface area contributed by atoms with Crippen molar-refractivity contribution in [1.82, 2.24) is 10.2 Å². The molecule has 1 amide bonds. The number of nitrogens with zero attached hydrogens (tertiary/aromatic N) is 1. The molecule has 3 N–H and O–H groups in total. The Morgan fingerprint density at radius 2 is 1.79 bits per heavy atom. The first kappa shape index (κ1) is 17.6. The smallest absolute Gasteiger partial charge is 0.274 e. The molecule has 124 valence electrons. The van der Waals surface area contributed by atoms with Crippen LogP contribution in [0.4, 0.5) is 0 Å². The van der Waals surface area contributed by atoms with E-state index in [1.54, 1.807) is 31.2 Å². The standard InChI is InChI=1S/C16H15N3O4S/c1-11(12-6-8-13(9-7-12)16(20)18-21)19-24(22,23)15-5-3-2-4-14(15)10-17/h2-9,11,19,21H,1H3,(H,18,20). The monoisotopic (exact) mass is 345 g/mol. The van der Waals surface area contributed by atoms with E-state index in [1.807, 2.05) is 6.07 Å². The molecular formula is C16H15N3O4S. The number of rotatable bonds is 5. The summed E-state index contributed by atoms with van der Waals surface area (Å²) < 4.78 is 27.4. The summed E-state index contributed by atoms with van der Waals surface area (Å²) in [4.78, 5) is 11.2. The molecule has 1 unspecified atom stereocenters. The third-order valence-electron chi connectivity index (χ3n) is 3.40. The molecule has 0 bridgehead atoms. The van der Waals surface area contributed by atoms with Crippen molar-refractivity contribution in [3.05, 3.63) is 65.2 Å². The van der Waals surface area contributed by atoms with Gasteiger partial charge >= 0.3 is 0 Å². The summed E-state index contributed by atoms with van der Waals surface area (Å²) in [5.41, 5.74) is 2.45. The zero-order chi connectivity index (χ0) is 17.7. The fourth-order valence-corrected chi connectivity index (χ4v) is 3.53. The Labute approximate surface area is 139 Å². The van der Waals surface area contributed by atoms with Crippen molar-refractivity contribution in [3.63, 3.8) is 0 Å². The molecule has 0 heterocycles. The second-order valence-corrected chi connectivity index (χ2v) is 6.70. The molecule has 0 saturated heterocycles. The summed E-state index contributed by atoms with van der Waals surface area (Å²) in [7, 11) is -3.87. The van der Waals surface area contributed by atoms with Crippen LogP contribution in [-0.4, -0.2) is 19.5 Å². The lowest BCUT2D eigenvalue weighted by Gasteiger charge is -2.15. The van der Waals surface area contributed by atoms with Crippen LogP contribution in [0.1, 0.15) is 34.5 Å². The van der Waals surface area contributed by atoms with Crippen LogP contribution in [0.5, 0.6) is 0 Å². The van der Waals surface area contributed by atoms with Crippen molar-refractivity contribution < 1.29 is 18.4 Å². The maximum absolute atomic E-state index is 12.5. The van der Waals surface area contributed by atoms with E-state index in [0.717, 1.165) is 0 Å². The Hall–Kier alpha value is -2.73. The van der Waals surface area contributed by atoms with Gasteiger partial charge in [-0.2, -0.15) is 5.26 Å². The summed E-state index contributed by atoms with van der Waals surface area (Å²) in [5, 5.41) is 17.6. The number of benzene rings is 2. The van der Waals surface area contributed by atoms with Crippen LogP contribution in [0.15, 0.2) is 53.4 Å². The lowest BCUT2D eigenvalue weighted by atomic mass is 10.1. The maximum Gasteiger partial charge on any atom is 0.274 e. The highest BCUT2D eigenvalue weighted by Crippen LogP contribution is 2.19. The summed E-state index contributed by atoms with van der Waals surface area (Å²) >= 11 is 0. The average molecular weight is 345 g/mol. The summed E-state index contributed by atoms with van der Waals surface area (Å²) in [6, 6.07) is 13.3. The first-order valence-corrected chi connectivity index (χ1v) is 8.43. The third-order valence-corrected chi connectivity index (χ3v) is 5.00. The quantitative estimate of drug-likeness (QED) is 0.563. The van der Waals surface area contributed by atoms with Crippen molar-refractivity contribution in [2.24, 2.45) is 0 Å². The van der Waals surface area contributed by atoms with E-state index in [2.05, 4.69) is 4.72 Å². The molecule has 0 aromatic heterocycles. The largest absolute Gasteiger partial charge is 0.288 e. The summed E-state index contributed by atoms with van der Waals surface area (Å²) in [6.45, 7) is 1.65. The lowest BCUT2D eigenvalue weighted by molar-refractivity contribution is 0.0706. The number of amides is 1. The van der Waals surface area contributed by atoms with Gasteiger partial charge in [0.25, 0.3) is 5.91 Å². The molecule has 0 spiro atoms. The predicted octanol–water partition coefficient (Wildman–Crippen LogP) is 1.72. The van der Waals surface area contributed by atoms with Crippen molar-refractivity contribution in [2.75, 3.05) is 0 Å². The van der Waals surface area contributed by atoms with Crippen molar-refractivity contribution in [3.8, 4) is 6.07 Å². The van der Waals surface area contributed by atoms with Crippen LogP contribution in [0.2, 0.25) is 0 Å². The third kappa shape index (κ3) is 3.78. The van der Waals surface area contributed by atoms with Gasteiger partial charge < -0.3 is 0 Å². The van der Waals surface area contributed by atoms with Crippen LogP contribution in [0, 0.1) is 11.3 Å². The van der Waals surface area contributed by atoms with E-state index in [-0.39, 0.29) is 16.0 Å². The van der Waals surface area contributed by atoms with Gasteiger partial charge in [0.15, 0.2) is 0 Å². The van der Waals surface area contributed by atoms with E-state index in [4.69, 9.17) is 10.5 Å². The molecule has 2 rings (SSSR count). The van der Waals surface area contributed by atoms with Gasteiger partial charge in [-0.1, -0.05) is 24.3 Å². The Bertz CT molecular complexity index is 886. The minimum Gasteiger partial charge on any atom is -0.288 e. The number of sulfonamides is 1. The topological polar surface area (TPSA) is 119 Å². The molecule has 0 fully saturated rings. The van der Waals surface area contributed by atoms with Gasteiger partial charge in [-0.05, 0) is 36.8 Å². The number of hydroxylamine groups is 1. The van der Waals surface area contributed by atoms with E-state index in [0.29, 0.717) is 5.56 Å². The molecule has 0 aliphatic carbocycles. The van der Waals surface area contributed by atoms with E-state index in [1.165, 1.54) is 29.7 Å². The number of hydrogen-bond acceptors (Lipinski definition) is 5. The van der Waals surface area contributed by atoms with Crippen molar-refractivity contribution >= 4 is 15.9 Å². The number of carbonyl (C=O) groups excluding carboxylic acids is 1. The van der Waals surface area contributed by atoms with Gasteiger partial charge in [0.05, 0.1) is 10.5 Å². The second kappa shape index (κ2) is 7.23. The molecule has 0 saturated carbocycles. The highest BCUT2D eigenvalue weighted by atomic mass is 32.2. The van der Waals surface area contributed by atoms with Gasteiger partial charge in [-0.15, -0.1) is 0 Å². The fourth-order valence-electron chi connectivity index (χ4n) is 2.15. The first-order valence-electron chi connectivity index (χ1n) is 6.95. The molecule has 7 nitrogen and oxygen atoms in total. The van der Waals surface area contributed by atoms with Gasteiger partial charge in [0, 0.05) is 11.6 Å². The maximum atomic E-state index is 12.5. The van der Waals surface area contributed by atoms with Gasteiger partial charge in [-0.3, -0.25) is 10.0 Å². The van der Waals surface area contributed by atoms with Crippen LogP contribution in [0.25, 0.3) is 0 Å². The fraction of sp³-hybridized carbons (Fsp3) is 0.125. The predicted molar refractivity (Wildman–Crippen MR) is 85.6 cm³/mol. The summed E-state index contributed by atoms with van der Waals surface area (Å²) in [5.74, 6) is -0.655. The first-order chi connectivity index (χ1) is 11.4. The van der Waals surface area contributed by atoms with E-state index in [9.17, 15) is 13.2 Å². The Morgan fingerprint density at radius 1 is 1.17 bits per heavy atom. The molecule has 24 heavy (non-hydrogen) atoms. The molecule has 0 aliphatic rings. The highest BCUT2D eigenvalue weighted by molar-refractivity contribution is 7.89. The number of nitrogens with one attached hydrogen (secondary N) is 2. The number of nitriles is 1. The SMILES string of the molecule is CC(NS(=O)(=O)c1ccccc1C#N)c1ccc(C(=O)NO)cc1. The number of hydrogen-bond donors (Lipinski definition) is 3. The molecule has 0 aliphatic heterocycles. The number of carbonyl (C=O) groups is 1. The van der Waals surface area contributed by atoms with Gasteiger partial charge in [-0.25, -0.2) is 18.6 Å². The van der Waals surface area contributed by atoms with Crippen LogP contribution in [0.3, 0.4) is 0 Å². The van der Waals surface area contributed by atoms with Crippen molar-refractivity contribution in [2.45, 2.75) is 17.9 Å². The molecule has 1 atom stereocenters. The van der Waals surface area contributed by atoms with Gasteiger partial charge in [0.1, 0.15) is 6.07 Å². The average Bonchev–Trinajstić information content (AvgIpc) is 2.60. The Morgan fingerprint density at radius 3 is 2.38 bits per heavy atom. The minimum absolute atomic E-state index is 0.0622.